The quantitative estimate of drug-likeness (QED) is 0.500. The molecule has 30 heavy (non-hydrogen) atoms. The number of amides is 1. The van der Waals surface area contributed by atoms with Gasteiger partial charge in [0.05, 0.1) is 23.1 Å². The zero-order valence-corrected chi connectivity index (χ0v) is 15.4. The number of aromatic nitrogens is 4. The standard InChI is InChI=1S/C20H13F4N5O/c1-11-17(19(30)26-16-5-3-2-4-15(16)20(22,23)24)27-28-18-14(10-25-29(11)18)12-6-8-13(21)9-7-12/h2-10H,1H3,(H,26,30). The summed E-state index contributed by atoms with van der Waals surface area (Å²) in [4.78, 5) is 12.6. The molecule has 10 heteroatoms. The second-order valence-corrected chi connectivity index (χ2v) is 6.43. The number of hydrogen-bond donors (Lipinski definition) is 1. The summed E-state index contributed by atoms with van der Waals surface area (Å²) in [6, 6.07) is 10.3. The minimum absolute atomic E-state index is 0.173. The average molecular weight is 415 g/mol. The summed E-state index contributed by atoms with van der Waals surface area (Å²) in [5.74, 6) is -1.24. The second-order valence-electron chi connectivity index (χ2n) is 6.43. The molecule has 0 radical (unpaired) electrons. The van der Waals surface area contributed by atoms with Crippen molar-refractivity contribution in [1.29, 1.82) is 0 Å². The molecule has 6 nitrogen and oxygen atoms in total. The number of nitrogens with one attached hydrogen (secondary N) is 1. The van der Waals surface area contributed by atoms with Crippen molar-refractivity contribution in [1.82, 2.24) is 19.8 Å². The molecule has 0 atom stereocenters. The Hall–Kier alpha value is -3.82. The van der Waals surface area contributed by atoms with Crippen molar-refractivity contribution in [2.45, 2.75) is 13.1 Å². The maximum absolute atomic E-state index is 13.2. The number of aryl methyl sites for hydroxylation is 1. The highest BCUT2D eigenvalue weighted by Gasteiger charge is 2.34. The van der Waals surface area contributed by atoms with E-state index in [1.165, 1.54) is 35.0 Å². The van der Waals surface area contributed by atoms with E-state index in [0.717, 1.165) is 12.1 Å². The fourth-order valence-corrected chi connectivity index (χ4v) is 3.02. The highest BCUT2D eigenvalue weighted by atomic mass is 19.4. The van der Waals surface area contributed by atoms with Gasteiger partial charge in [0.2, 0.25) is 0 Å². The van der Waals surface area contributed by atoms with Crippen molar-refractivity contribution in [3.63, 3.8) is 0 Å². The van der Waals surface area contributed by atoms with Crippen LogP contribution in [0.1, 0.15) is 21.7 Å². The van der Waals surface area contributed by atoms with Crippen LogP contribution in [0.25, 0.3) is 16.8 Å². The summed E-state index contributed by atoms with van der Waals surface area (Å²) < 4.78 is 54.0. The fourth-order valence-electron chi connectivity index (χ4n) is 3.02. The van der Waals surface area contributed by atoms with Crippen LogP contribution in [-0.4, -0.2) is 25.7 Å². The minimum Gasteiger partial charge on any atom is -0.320 e. The molecule has 0 spiro atoms. The first-order valence-corrected chi connectivity index (χ1v) is 8.70. The largest absolute Gasteiger partial charge is 0.418 e. The second kappa shape index (κ2) is 7.21. The Balaban J connectivity index is 1.70. The summed E-state index contributed by atoms with van der Waals surface area (Å²) in [5, 5.41) is 14.3. The van der Waals surface area contributed by atoms with Gasteiger partial charge in [-0.2, -0.15) is 18.3 Å². The Morgan fingerprint density at radius 2 is 1.73 bits per heavy atom. The Bertz CT molecular complexity index is 1250. The van der Waals surface area contributed by atoms with Gasteiger partial charge in [-0.15, -0.1) is 10.2 Å². The summed E-state index contributed by atoms with van der Waals surface area (Å²) in [7, 11) is 0. The molecule has 0 aliphatic carbocycles. The van der Waals surface area contributed by atoms with Gasteiger partial charge in [0, 0.05) is 5.56 Å². The van der Waals surface area contributed by atoms with Gasteiger partial charge < -0.3 is 5.32 Å². The molecule has 0 aliphatic rings. The zero-order valence-electron chi connectivity index (χ0n) is 15.4. The van der Waals surface area contributed by atoms with Gasteiger partial charge in [0.25, 0.3) is 5.91 Å². The third-order valence-corrected chi connectivity index (χ3v) is 4.50. The lowest BCUT2D eigenvalue weighted by molar-refractivity contribution is -0.136. The van der Waals surface area contributed by atoms with Crippen molar-refractivity contribution in [2.24, 2.45) is 0 Å². The minimum atomic E-state index is -4.62. The molecule has 2 aromatic carbocycles. The van der Waals surface area contributed by atoms with Crippen molar-refractivity contribution >= 4 is 17.2 Å². The maximum atomic E-state index is 13.2. The van der Waals surface area contributed by atoms with Crippen LogP contribution >= 0.6 is 0 Å². The van der Waals surface area contributed by atoms with Gasteiger partial charge in [-0.25, -0.2) is 8.91 Å². The van der Waals surface area contributed by atoms with Gasteiger partial charge in [0.1, 0.15) is 5.82 Å². The number of alkyl halides is 3. The molecule has 0 saturated heterocycles. The third kappa shape index (κ3) is 3.47. The van der Waals surface area contributed by atoms with E-state index in [4.69, 9.17) is 0 Å². The number of halogens is 4. The lowest BCUT2D eigenvalue weighted by atomic mass is 10.1. The first-order valence-electron chi connectivity index (χ1n) is 8.70. The normalized spacial score (nSPS) is 11.6. The number of carbonyl (C=O) groups excluding carboxylic acids is 1. The molecule has 0 saturated carbocycles. The first kappa shape index (κ1) is 19.5. The molecule has 0 unspecified atom stereocenters. The van der Waals surface area contributed by atoms with Crippen LogP contribution in [0.5, 0.6) is 0 Å². The number of para-hydroxylation sites is 1. The molecule has 0 aliphatic heterocycles. The molecule has 1 amide bonds. The highest BCUT2D eigenvalue weighted by Crippen LogP contribution is 2.34. The van der Waals surface area contributed by atoms with E-state index in [1.807, 2.05) is 0 Å². The topological polar surface area (TPSA) is 72.2 Å². The summed E-state index contributed by atoms with van der Waals surface area (Å²) in [6.07, 6.45) is -3.13. The van der Waals surface area contributed by atoms with Crippen LogP contribution in [0.2, 0.25) is 0 Å². The lowest BCUT2D eigenvalue weighted by Crippen LogP contribution is -2.20. The van der Waals surface area contributed by atoms with Crippen LogP contribution in [-0.2, 0) is 6.18 Å². The highest BCUT2D eigenvalue weighted by molar-refractivity contribution is 6.04. The molecular formula is C20H13F4N5O. The van der Waals surface area contributed by atoms with Crippen molar-refractivity contribution in [2.75, 3.05) is 5.32 Å². The zero-order chi connectivity index (χ0) is 21.5. The number of rotatable bonds is 3. The average Bonchev–Trinajstić information content (AvgIpc) is 3.13. The van der Waals surface area contributed by atoms with Gasteiger partial charge in [-0.05, 0) is 36.8 Å². The van der Waals surface area contributed by atoms with Crippen LogP contribution in [0, 0.1) is 12.7 Å². The van der Waals surface area contributed by atoms with E-state index < -0.39 is 23.5 Å². The number of hydrogen-bond acceptors (Lipinski definition) is 4. The number of benzene rings is 2. The fraction of sp³-hybridized carbons (Fsp3) is 0.100. The summed E-state index contributed by atoms with van der Waals surface area (Å²) in [5.41, 5.74) is 0.304. The van der Waals surface area contributed by atoms with Crippen LogP contribution in [0.15, 0.2) is 54.7 Å². The van der Waals surface area contributed by atoms with Crippen molar-refractivity contribution in [3.8, 4) is 11.1 Å². The smallest absolute Gasteiger partial charge is 0.320 e. The molecule has 2 aromatic heterocycles. The van der Waals surface area contributed by atoms with E-state index in [-0.39, 0.29) is 17.1 Å². The van der Waals surface area contributed by atoms with Gasteiger partial charge in [-0.1, -0.05) is 24.3 Å². The van der Waals surface area contributed by atoms with Crippen LogP contribution in [0.3, 0.4) is 0 Å². The Morgan fingerprint density at radius 3 is 2.43 bits per heavy atom. The first-order chi connectivity index (χ1) is 14.3. The molecule has 0 bridgehead atoms. The van der Waals surface area contributed by atoms with E-state index in [1.54, 1.807) is 19.1 Å². The molecule has 2 heterocycles. The van der Waals surface area contributed by atoms with Gasteiger partial charge in [0.15, 0.2) is 11.3 Å². The molecule has 1 N–H and O–H groups in total. The summed E-state index contributed by atoms with van der Waals surface area (Å²) >= 11 is 0. The van der Waals surface area contributed by atoms with Crippen molar-refractivity contribution in [3.05, 3.63) is 77.5 Å². The molecule has 4 aromatic rings. The van der Waals surface area contributed by atoms with E-state index >= 15 is 0 Å². The number of carbonyl (C=O) groups is 1. The molecule has 152 valence electrons. The molecule has 0 fully saturated rings. The maximum Gasteiger partial charge on any atom is 0.418 e. The number of fused-ring (bicyclic) bond motifs is 1. The van der Waals surface area contributed by atoms with Gasteiger partial charge in [-0.3, -0.25) is 4.79 Å². The molecular weight excluding hydrogens is 402 g/mol. The van der Waals surface area contributed by atoms with Crippen molar-refractivity contribution < 1.29 is 22.4 Å². The summed E-state index contributed by atoms with van der Waals surface area (Å²) in [6.45, 7) is 1.55. The van der Waals surface area contributed by atoms with Crippen LogP contribution < -0.4 is 5.32 Å². The Kier molecular flexibility index (Phi) is 4.69. The van der Waals surface area contributed by atoms with Gasteiger partial charge >= 0.3 is 6.18 Å². The molecule has 4 rings (SSSR count). The lowest BCUT2D eigenvalue weighted by Gasteiger charge is -2.13. The Labute approximate surface area is 167 Å². The predicted molar refractivity (Wildman–Crippen MR) is 100 cm³/mol. The monoisotopic (exact) mass is 415 g/mol. The number of anilines is 1. The van der Waals surface area contributed by atoms with E-state index in [9.17, 15) is 22.4 Å². The Morgan fingerprint density at radius 1 is 1.03 bits per heavy atom. The van der Waals surface area contributed by atoms with Crippen LogP contribution in [0.4, 0.5) is 23.2 Å². The van der Waals surface area contributed by atoms with E-state index in [2.05, 4.69) is 20.6 Å². The predicted octanol–water partition coefficient (Wildman–Crippen LogP) is 4.51. The third-order valence-electron chi connectivity index (χ3n) is 4.50. The van der Waals surface area contributed by atoms with E-state index in [0.29, 0.717) is 16.8 Å². The number of nitrogens with zero attached hydrogens (tertiary/aromatic N) is 4. The SMILES string of the molecule is Cc1c(C(=O)Nc2ccccc2C(F)(F)F)nnc2c(-c3ccc(F)cc3)cnn12.